The molecule has 1 unspecified atom stereocenters. The molecule has 1 saturated carbocycles. The summed E-state index contributed by atoms with van der Waals surface area (Å²) < 4.78 is 1.97. The number of rotatable bonds is 2. The molecule has 1 aliphatic carbocycles. The molecular formula is C19H30N4O. The third kappa shape index (κ3) is 2.99. The second kappa shape index (κ2) is 5.87. The van der Waals surface area contributed by atoms with Crippen LogP contribution in [0.15, 0.2) is 6.07 Å². The minimum atomic E-state index is -0.162. The number of piperidine rings is 1. The molecule has 3 fully saturated rings. The van der Waals surface area contributed by atoms with Crippen molar-refractivity contribution < 1.29 is 4.79 Å². The molecule has 0 bridgehead atoms. The standard InChI is InChI=1S/C19H30N4O/c1-19(2,3)23-17(12-16(20-23)14-7-8-14)18(24)22-11-10-21-9-5-4-6-15(21)13-22/h12,14-15H,4-11,13H2,1-3H3. The van der Waals surface area contributed by atoms with Gasteiger partial charge in [-0.05, 0) is 59.1 Å². The lowest BCUT2D eigenvalue weighted by molar-refractivity contribution is 0.0359. The van der Waals surface area contributed by atoms with Crippen LogP contribution in [0.2, 0.25) is 0 Å². The monoisotopic (exact) mass is 330 g/mol. The van der Waals surface area contributed by atoms with Crippen LogP contribution in [0.4, 0.5) is 0 Å². The summed E-state index contributed by atoms with van der Waals surface area (Å²) in [5.41, 5.74) is 1.74. The SMILES string of the molecule is CC(C)(C)n1nc(C2CC2)cc1C(=O)N1CCN2CCCCC2C1. The molecule has 5 heteroatoms. The fourth-order valence-electron chi connectivity index (χ4n) is 4.14. The Bertz CT molecular complexity index is 626. The Morgan fingerprint density at radius 1 is 1.12 bits per heavy atom. The number of fused-ring (bicyclic) bond motifs is 1. The number of hydrogen-bond donors (Lipinski definition) is 0. The summed E-state index contributed by atoms with van der Waals surface area (Å²) in [6, 6.07) is 2.63. The van der Waals surface area contributed by atoms with Crippen LogP contribution in [0.5, 0.6) is 0 Å². The van der Waals surface area contributed by atoms with Crippen molar-refractivity contribution in [2.24, 2.45) is 0 Å². The van der Waals surface area contributed by atoms with E-state index >= 15 is 0 Å². The average Bonchev–Trinajstić information content (AvgIpc) is 3.31. The molecule has 0 aromatic carbocycles. The molecule has 1 aromatic heterocycles. The number of carbonyl (C=O) groups excluding carboxylic acids is 1. The van der Waals surface area contributed by atoms with E-state index in [9.17, 15) is 4.79 Å². The molecule has 2 saturated heterocycles. The van der Waals surface area contributed by atoms with Gasteiger partial charge in [-0.25, -0.2) is 0 Å². The first-order valence-corrected chi connectivity index (χ1v) is 9.57. The summed E-state index contributed by atoms with van der Waals surface area (Å²) in [5.74, 6) is 0.755. The van der Waals surface area contributed by atoms with Gasteiger partial charge < -0.3 is 4.90 Å². The Hall–Kier alpha value is -1.36. The van der Waals surface area contributed by atoms with E-state index in [0.29, 0.717) is 12.0 Å². The molecule has 24 heavy (non-hydrogen) atoms. The number of nitrogens with zero attached hydrogens (tertiary/aromatic N) is 4. The lowest BCUT2D eigenvalue weighted by Crippen LogP contribution is -2.56. The zero-order valence-electron chi connectivity index (χ0n) is 15.3. The smallest absolute Gasteiger partial charge is 0.272 e. The Morgan fingerprint density at radius 3 is 2.62 bits per heavy atom. The van der Waals surface area contributed by atoms with Crippen LogP contribution < -0.4 is 0 Å². The lowest BCUT2D eigenvalue weighted by atomic mass is 9.99. The highest BCUT2D eigenvalue weighted by Gasteiger charge is 2.35. The minimum Gasteiger partial charge on any atom is -0.334 e. The summed E-state index contributed by atoms with van der Waals surface area (Å²) in [7, 11) is 0. The highest BCUT2D eigenvalue weighted by molar-refractivity contribution is 5.93. The van der Waals surface area contributed by atoms with Crippen molar-refractivity contribution in [2.45, 2.75) is 70.4 Å². The van der Waals surface area contributed by atoms with Gasteiger partial charge in [0.05, 0.1) is 11.2 Å². The van der Waals surface area contributed by atoms with E-state index in [2.05, 4.69) is 36.6 Å². The van der Waals surface area contributed by atoms with E-state index in [1.54, 1.807) is 0 Å². The Labute approximate surface area is 145 Å². The number of aromatic nitrogens is 2. The van der Waals surface area contributed by atoms with Crippen LogP contribution in [0.3, 0.4) is 0 Å². The van der Waals surface area contributed by atoms with E-state index in [4.69, 9.17) is 5.10 Å². The van der Waals surface area contributed by atoms with Gasteiger partial charge in [-0.3, -0.25) is 14.4 Å². The van der Waals surface area contributed by atoms with Crippen LogP contribution in [0, 0.1) is 0 Å². The number of amides is 1. The van der Waals surface area contributed by atoms with E-state index in [1.165, 1.54) is 38.6 Å². The fraction of sp³-hybridized carbons (Fsp3) is 0.789. The van der Waals surface area contributed by atoms with E-state index in [-0.39, 0.29) is 11.4 Å². The third-order valence-electron chi connectivity index (χ3n) is 5.70. The van der Waals surface area contributed by atoms with Crippen LogP contribution in [0.25, 0.3) is 0 Å². The van der Waals surface area contributed by atoms with Crippen molar-refractivity contribution in [1.82, 2.24) is 19.6 Å². The maximum absolute atomic E-state index is 13.2. The zero-order valence-corrected chi connectivity index (χ0v) is 15.3. The normalized spacial score (nSPS) is 25.6. The summed E-state index contributed by atoms with van der Waals surface area (Å²) >= 11 is 0. The van der Waals surface area contributed by atoms with Gasteiger partial charge in [0.15, 0.2) is 0 Å². The maximum Gasteiger partial charge on any atom is 0.272 e. The average molecular weight is 330 g/mol. The minimum absolute atomic E-state index is 0.162. The third-order valence-corrected chi connectivity index (χ3v) is 5.70. The molecule has 0 radical (unpaired) electrons. The molecule has 3 heterocycles. The summed E-state index contributed by atoms with van der Waals surface area (Å²) in [4.78, 5) is 17.9. The second-order valence-corrected chi connectivity index (χ2v) is 8.75. The molecule has 132 valence electrons. The molecule has 1 amide bonds. The lowest BCUT2D eigenvalue weighted by Gasteiger charge is -2.44. The van der Waals surface area contributed by atoms with E-state index in [0.717, 1.165) is 31.0 Å². The van der Waals surface area contributed by atoms with Gasteiger partial charge in [-0.2, -0.15) is 5.10 Å². The topological polar surface area (TPSA) is 41.4 Å². The van der Waals surface area contributed by atoms with Gasteiger partial charge in [0.1, 0.15) is 5.69 Å². The van der Waals surface area contributed by atoms with Crippen molar-refractivity contribution in [1.29, 1.82) is 0 Å². The fourth-order valence-corrected chi connectivity index (χ4v) is 4.14. The van der Waals surface area contributed by atoms with Gasteiger partial charge >= 0.3 is 0 Å². The Kier molecular flexibility index (Phi) is 3.94. The Morgan fingerprint density at radius 2 is 1.92 bits per heavy atom. The Balaban J connectivity index is 1.57. The van der Waals surface area contributed by atoms with Crippen molar-refractivity contribution in [3.05, 3.63) is 17.5 Å². The van der Waals surface area contributed by atoms with Gasteiger partial charge in [0.25, 0.3) is 5.91 Å². The summed E-state index contributed by atoms with van der Waals surface area (Å²) in [6.07, 6.45) is 6.28. The second-order valence-electron chi connectivity index (χ2n) is 8.75. The van der Waals surface area contributed by atoms with Crippen LogP contribution in [-0.4, -0.2) is 57.7 Å². The molecule has 1 aromatic rings. The molecule has 5 nitrogen and oxygen atoms in total. The highest BCUT2D eigenvalue weighted by atomic mass is 16.2. The predicted octanol–water partition coefficient (Wildman–Crippen LogP) is 2.83. The first-order chi connectivity index (χ1) is 11.4. The quantitative estimate of drug-likeness (QED) is 0.837. The van der Waals surface area contributed by atoms with Gasteiger partial charge in [-0.15, -0.1) is 0 Å². The molecule has 3 aliphatic rings. The van der Waals surface area contributed by atoms with Crippen LogP contribution >= 0.6 is 0 Å². The van der Waals surface area contributed by atoms with Crippen molar-refractivity contribution in [2.75, 3.05) is 26.2 Å². The van der Waals surface area contributed by atoms with E-state index in [1.807, 2.05) is 4.68 Å². The largest absolute Gasteiger partial charge is 0.334 e. The summed E-state index contributed by atoms with van der Waals surface area (Å²) in [6.45, 7) is 10.4. The van der Waals surface area contributed by atoms with Crippen molar-refractivity contribution in [3.63, 3.8) is 0 Å². The molecule has 4 rings (SSSR count). The molecule has 0 N–H and O–H groups in total. The maximum atomic E-state index is 13.2. The van der Waals surface area contributed by atoms with Crippen LogP contribution in [0.1, 0.15) is 75.0 Å². The zero-order chi connectivity index (χ0) is 16.9. The predicted molar refractivity (Wildman–Crippen MR) is 94.3 cm³/mol. The number of carbonyl (C=O) groups is 1. The molecular weight excluding hydrogens is 300 g/mol. The molecule has 2 aliphatic heterocycles. The van der Waals surface area contributed by atoms with Crippen LogP contribution in [-0.2, 0) is 5.54 Å². The summed E-state index contributed by atoms with van der Waals surface area (Å²) in [5, 5.41) is 4.80. The first-order valence-electron chi connectivity index (χ1n) is 9.57. The highest BCUT2D eigenvalue weighted by Crippen LogP contribution is 2.40. The van der Waals surface area contributed by atoms with Crippen molar-refractivity contribution >= 4 is 5.91 Å². The molecule has 0 spiro atoms. The van der Waals surface area contributed by atoms with Gasteiger partial charge in [0.2, 0.25) is 0 Å². The number of piperazine rings is 1. The number of hydrogen-bond acceptors (Lipinski definition) is 3. The van der Waals surface area contributed by atoms with Gasteiger partial charge in [0, 0.05) is 31.6 Å². The van der Waals surface area contributed by atoms with Crippen molar-refractivity contribution in [3.8, 4) is 0 Å². The van der Waals surface area contributed by atoms with E-state index < -0.39 is 0 Å². The first kappa shape index (κ1) is 16.1. The molecule has 1 atom stereocenters. The van der Waals surface area contributed by atoms with Gasteiger partial charge in [-0.1, -0.05) is 6.42 Å².